The molecule has 2 aromatic carbocycles. The highest BCUT2D eigenvalue weighted by Gasteiger charge is 2.16. The van der Waals surface area contributed by atoms with Crippen molar-refractivity contribution in [2.75, 3.05) is 24.0 Å². The first-order chi connectivity index (χ1) is 12.1. The van der Waals surface area contributed by atoms with Crippen molar-refractivity contribution < 1.29 is 19.1 Å². The minimum atomic E-state index is -0.249. The first kappa shape index (κ1) is 16.8. The molecule has 4 N–H and O–H groups in total. The molecule has 7 nitrogen and oxygen atoms in total. The van der Waals surface area contributed by atoms with Crippen LogP contribution in [0.5, 0.6) is 11.5 Å². The molecule has 0 atom stereocenters. The Hall–Kier alpha value is -3.06. The number of anilines is 2. The quantitative estimate of drug-likeness (QED) is 0.774. The first-order valence-electron chi connectivity index (χ1n) is 7.88. The third-order valence-corrected chi connectivity index (χ3v) is 3.76. The van der Waals surface area contributed by atoms with E-state index in [-0.39, 0.29) is 25.0 Å². The topological polar surface area (TPSA) is 103 Å². The highest BCUT2D eigenvalue weighted by atomic mass is 16.7. The Balaban J connectivity index is 1.70. The lowest BCUT2D eigenvalue weighted by Crippen LogP contribution is -2.16. The maximum Gasteiger partial charge on any atom is 0.255 e. The van der Waals surface area contributed by atoms with E-state index in [1.54, 1.807) is 36.4 Å². The van der Waals surface area contributed by atoms with Crippen molar-refractivity contribution in [3.63, 3.8) is 0 Å². The van der Waals surface area contributed by atoms with Crippen LogP contribution in [0.15, 0.2) is 36.4 Å². The fourth-order valence-corrected chi connectivity index (χ4v) is 2.47. The third-order valence-electron chi connectivity index (χ3n) is 3.76. The van der Waals surface area contributed by atoms with Gasteiger partial charge in [-0.25, -0.2) is 0 Å². The molecule has 0 aliphatic carbocycles. The molecule has 1 heterocycles. The average molecular weight is 341 g/mol. The van der Waals surface area contributed by atoms with E-state index in [1.807, 2.05) is 6.92 Å². The van der Waals surface area contributed by atoms with E-state index in [0.29, 0.717) is 35.0 Å². The van der Waals surface area contributed by atoms with Crippen LogP contribution in [0.1, 0.15) is 22.3 Å². The van der Waals surface area contributed by atoms with Gasteiger partial charge in [0, 0.05) is 29.9 Å². The van der Waals surface area contributed by atoms with E-state index in [0.717, 1.165) is 5.56 Å². The summed E-state index contributed by atoms with van der Waals surface area (Å²) in [7, 11) is 0. The molecule has 0 saturated heterocycles. The number of amides is 2. The van der Waals surface area contributed by atoms with Gasteiger partial charge in [0.1, 0.15) is 0 Å². The number of rotatable bonds is 5. The molecule has 0 aromatic heterocycles. The number of aryl methyl sites for hydroxylation is 1. The molecule has 3 rings (SSSR count). The number of hydrogen-bond donors (Lipinski definition) is 3. The fraction of sp³-hybridized carbons (Fsp3) is 0.222. The van der Waals surface area contributed by atoms with Gasteiger partial charge in [0.25, 0.3) is 5.91 Å². The zero-order chi connectivity index (χ0) is 17.8. The highest BCUT2D eigenvalue weighted by molar-refractivity contribution is 6.05. The molecule has 0 spiro atoms. The van der Waals surface area contributed by atoms with E-state index in [4.69, 9.17) is 15.2 Å². The van der Waals surface area contributed by atoms with Gasteiger partial charge in [0.2, 0.25) is 12.7 Å². The summed E-state index contributed by atoms with van der Waals surface area (Å²) in [6.45, 7) is 2.32. The molecule has 0 bridgehead atoms. The number of hydrogen-bond acceptors (Lipinski definition) is 5. The smallest absolute Gasteiger partial charge is 0.255 e. The predicted molar refractivity (Wildman–Crippen MR) is 94.0 cm³/mol. The van der Waals surface area contributed by atoms with Crippen molar-refractivity contribution in [1.29, 1.82) is 0 Å². The Kier molecular flexibility index (Phi) is 4.85. The minimum absolute atomic E-state index is 0.140. The molecule has 2 amide bonds. The molecule has 0 radical (unpaired) electrons. The van der Waals surface area contributed by atoms with Crippen LogP contribution in [-0.4, -0.2) is 25.2 Å². The molecular weight excluding hydrogens is 322 g/mol. The third kappa shape index (κ3) is 3.89. The van der Waals surface area contributed by atoms with Crippen molar-refractivity contribution >= 4 is 23.2 Å². The summed E-state index contributed by atoms with van der Waals surface area (Å²) < 4.78 is 10.5. The van der Waals surface area contributed by atoms with Crippen molar-refractivity contribution in [3.8, 4) is 11.5 Å². The Morgan fingerprint density at radius 1 is 1.08 bits per heavy atom. The molecule has 7 heteroatoms. The summed E-state index contributed by atoms with van der Waals surface area (Å²) in [5, 5.41) is 5.62. The van der Waals surface area contributed by atoms with E-state index in [2.05, 4.69) is 10.6 Å². The lowest BCUT2D eigenvalue weighted by atomic mass is 10.1. The summed E-state index contributed by atoms with van der Waals surface area (Å²) in [6, 6.07) is 10.3. The van der Waals surface area contributed by atoms with E-state index in [9.17, 15) is 9.59 Å². The minimum Gasteiger partial charge on any atom is -0.454 e. The van der Waals surface area contributed by atoms with Crippen molar-refractivity contribution in [2.24, 2.45) is 5.73 Å². The number of carbonyl (C=O) groups excluding carboxylic acids is 2. The number of carbonyl (C=O) groups is 2. The SMILES string of the molecule is Cc1cc(NC(=O)CCN)ccc1NC(=O)c1ccc2c(c1)OCO2. The Labute approximate surface area is 145 Å². The molecule has 2 aromatic rings. The van der Waals surface area contributed by atoms with E-state index in [1.165, 1.54) is 0 Å². The van der Waals surface area contributed by atoms with Crippen molar-refractivity contribution in [2.45, 2.75) is 13.3 Å². The lowest BCUT2D eigenvalue weighted by Gasteiger charge is -2.11. The van der Waals surface area contributed by atoms with Gasteiger partial charge in [-0.3, -0.25) is 9.59 Å². The molecule has 1 aliphatic rings. The molecule has 1 aliphatic heterocycles. The molecule has 25 heavy (non-hydrogen) atoms. The van der Waals surface area contributed by atoms with Gasteiger partial charge in [-0.05, 0) is 48.9 Å². The largest absolute Gasteiger partial charge is 0.454 e. The van der Waals surface area contributed by atoms with Crippen LogP contribution in [0.2, 0.25) is 0 Å². The zero-order valence-electron chi connectivity index (χ0n) is 13.8. The van der Waals surface area contributed by atoms with Crippen LogP contribution in [0.4, 0.5) is 11.4 Å². The summed E-state index contributed by atoms with van der Waals surface area (Å²) in [5.74, 6) is 0.799. The lowest BCUT2D eigenvalue weighted by molar-refractivity contribution is -0.116. The summed E-state index contributed by atoms with van der Waals surface area (Å²) in [5.41, 5.74) is 8.00. The second-order valence-corrected chi connectivity index (χ2v) is 5.64. The Morgan fingerprint density at radius 3 is 2.64 bits per heavy atom. The number of ether oxygens (including phenoxy) is 2. The van der Waals surface area contributed by atoms with Gasteiger partial charge in [-0.2, -0.15) is 0 Å². The van der Waals surface area contributed by atoms with E-state index >= 15 is 0 Å². The van der Waals surface area contributed by atoms with Crippen LogP contribution in [-0.2, 0) is 4.79 Å². The summed E-state index contributed by atoms with van der Waals surface area (Å²) in [6.07, 6.45) is 0.266. The van der Waals surface area contributed by atoms with E-state index < -0.39 is 0 Å². The standard InChI is InChI=1S/C18H19N3O4/c1-11-8-13(20-17(22)6-7-19)3-4-14(11)21-18(23)12-2-5-15-16(9-12)25-10-24-15/h2-5,8-9H,6-7,10,19H2,1H3,(H,20,22)(H,21,23). The second-order valence-electron chi connectivity index (χ2n) is 5.64. The predicted octanol–water partition coefficient (Wildman–Crippen LogP) is 2.26. The molecule has 0 fully saturated rings. The first-order valence-corrected chi connectivity index (χ1v) is 7.88. The summed E-state index contributed by atoms with van der Waals surface area (Å²) in [4.78, 5) is 24.0. The molecular formula is C18H19N3O4. The summed E-state index contributed by atoms with van der Waals surface area (Å²) >= 11 is 0. The van der Waals surface area contributed by atoms with Gasteiger partial charge in [-0.1, -0.05) is 0 Å². The van der Waals surface area contributed by atoms with Gasteiger partial charge in [0.05, 0.1) is 0 Å². The molecule has 0 saturated carbocycles. The van der Waals surface area contributed by atoms with Gasteiger partial charge in [0.15, 0.2) is 11.5 Å². The van der Waals surface area contributed by atoms with Gasteiger partial charge in [-0.15, -0.1) is 0 Å². The maximum atomic E-state index is 12.4. The van der Waals surface area contributed by atoms with Crippen molar-refractivity contribution in [1.82, 2.24) is 0 Å². The van der Waals surface area contributed by atoms with Crippen LogP contribution in [0, 0.1) is 6.92 Å². The fourth-order valence-electron chi connectivity index (χ4n) is 2.47. The van der Waals surface area contributed by atoms with Crippen LogP contribution < -0.4 is 25.8 Å². The van der Waals surface area contributed by atoms with Crippen LogP contribution in [0.25, 0.3) is 0 Å². The number of benzene rings is 2. The van der Waals surface area contributed by atoms with Crippen molar-refractivity contribution in [3.05, 3.63) is 47.5 Å². The maximum absolute atomic E-state index is 12.4. The number of nitrogens with one attached hydrogen (secondary N) is 2. The highest BCUT2D eigenvalue weighted by Crippen LogP contribution is 2.32. The molecule has 0 unspecified atom stereocenters. The monoisotopic (exact) mass is 341 g/mol. The average Bonchev–Trinajstić information content (AvgIpc) is 3.05. The number of fused-ring (bicyclic) bond motifs is 1. The Bertz CT molecular complexity index is 820. The normalized spacial score (nSPS) is 11.9. The second kappa shape index (κ2) is 7.23. The number of nitrogens with two attached hydrogens (primary N) is 1. The van der Waals surface area contributed by atoms with Crippen LogP contribution >= 0.6 is 0 Å². The van der Waals surface area contributed by atoms with Gasteiger partial charge < -0.3 is 25.8 Å². The Morgan fingerprint density at radius 2 is 1.88 bits per heavy atom. The zero-order valence-corrected chi connectivity index (χ0v) is 13.8. The molecule has 130 valence electrons. The van der Waals surface area contributed by atoms with Crippen LogP contribution in [0.3, 0.4) is 0 Å². The van der Waals surface area contributed by atoms with Gasteiger partial charge >= 0.3 is 0 Å².